The van der Waals surface area contributed by atoms with Crippen LogP contribution in [0.15, 0.2) is 18.2 Å². The SMILES string of the molecule is CCCC(CCC)C(=O)Nc1ccc(C)c(C)c1. The molecule has 0 unspecified atom stereocenters. The molecule has 0 radical (unpaired) electrons. The highest BCUT2D eigenvalue weighted by atomic mass is 16.1. The summed E-state index contributed by atoms with van der Waals surface area (Å²) in [6.45, 7) is 8.41. The monoisotopic (exact) mass is 247 g/mol. The van der Waals surface area contributed by atoms with Crippen LogP contribution in [0.2, 0.25) is 0 Å². The molecule has 1 N–H and O–H groups in total. The third kappa shape index (κ3) is 4.17. The Morgan fingerprint density at radius 1 is 1.11 bits per heavy atom. The van der Waals surface area contributed by atoms with Gasteiger partial charge in [-0.25, -0.2) is 0 Å². The molecule has 0 saturated heterocycles. The van der Waals surface area contributed by atoms with Gasteiger partial charge in [-0.05, 0) is 49.9 Å². The molecule has 1 amide bonds. The van der Waals surface area contributed by atoms with E-state index in [0.717, 1.165) is 31.4 Å². The Bertz CT molecular complexity index is 392. The number of nitrogens with one attached hydrogen (secondary N) is 1. The number of anilines is 1. The van der Waals surface area contributed by atoms with Gasteiger partial charge in [0.2, 0.25) is 5.91 Å². The first-order valence-corrected chi connectivity index (χ1v) is 6.96. The second-order valence-electron chi connectivity index (χ2n) is 5.06. The lowest BCUT2D eigenvalue weighted by molar-refractivity contribution is -0.120. The summed E-state index contributed by atoms with van der Waals surface area (Å²) < 4.78 is 0. The molecule has 0 heterocycles. The Morgan fingerprint density at radius 2 is 1.72 bits per heavy atom. The van der Waals surface area contributed by atoms with E-state index in [9.17, 15) is 4.79 Å². The average Bonchev–Trinajstić information content (AvgIpc) is 2.33. The largest absolute Gasteiger partial charge is 0.326 e. The molecule has 0 aromatic heterocycles. The number of rotatable bonds is 6. The summed E-state index contributed by atoms with van der Waals surface area (Å²) in [6.07, 6.45) is 4.07. The first kappa shape index (κ1) is 14.7. The smallest absolute Gasteiger partial charge is 0.227 e. The van der Waals surface area contributed by atoms with E-state index in [1.54, 1.807) is 0 Å². The molecule has 100 valence electrons. The number of amides is 1. The molecule has 1 aromatic rings. The van der Waals surface area contributed by atoms with Crippen molar-refractivity contribution in [3.63, 3.8) is 0 Å². The van der Waals surface area contributed by atoms with E-state index in [2.05, 4.69) is 39.1 Å². The zero-order chi connectivity index (χ0) is 13.5. The van der Waals surface area contributed by atoms with Crippen LogP contribution < -0.4 is 5.32 Å². The summed E-state index contributed by atoms with van der Waals surface area (Å²) in [5, 5.41) is 3.04. The molecule has 0 aliphatic carbocycles. The van der Waals surface area contributed by atoms with Crippen LogP contribution in [0.4, 0.5) is 5.69 Å². The molecule has 0 atom stereocenters. The van der Waals surface area contributed by atoms with Crippen LogP contribution in [0.25, 0.3) is 0 Å². The van der Waals surface area contributed by atoms with Crippen molar-refractivity contribution in [3.05, 3.63) is 29.3 Å². The highest BCUT2D eigenvalue weighted by Gasteiger charge is 2.16. The lowest BCUT2D eigenvalue weighted by Crippen LogP contribution is -2.22. The summed E-state index contributed by atoms with van der Waals surface area (Å²) in [7, 11) is 0. The fourth-order valence-corrected chi connectivity index (χ4v) is 2.17. The van der Waals surface area contributed by atoms with Gasteiger partial charge >= 0.3 is 0 Å². The van der Waals surface area contributed by atoms with Crippen LogP contribution in [0, 0.1) is 19.8 Å². The quantitative estimate of drug-likeness (QED) is 0.790. The van der Waals surface area contributed by atoms with Gasteiger partial charge in [-0.3, -0.25) is 4.79 Å². The Labute approximate surface area is 111 Å². The van der Waals surface area contributed by atoms with Crippen LogP contribution in [-0.4, -0.2) is 5.91 Å². The van der Waals surface area contributed by atoms with Gasteiger partial charge in [0, 0.05) is 11.6 Å². The first-order valence-electron chi connectivity index (χ1n) is 6.96. The average molecular weight is 247 g/mol. The molecule has 0 saturated carbocycles. The molecule has 0 aliphatic rings. The van der Waals surface area contributed by atoms with Gasteiger partial charge < -0.3 is 5.32 Å². The zero-order valence-electron chi connectivity index (χ0n) is 12.0. The van der Waals surface area contributed by atoms with E-state index in [-0.39, 0.29) is 11.8 Å². The lowest BCUT2D eigenvalue weighted by Gasteiger charge is -2.15. The van der Waals surface area contributed by atoms with Crippen molar-refractivity contribution in [2.45, 2.75) is 53.4 Å². The number of benzene rings is 1. The van der Waals surface area contributed by atoms with E-state index in [4.69, 9.17) is 0 Å². The molecule has 2 nitrogen and oxygen atoms in total. The molecule has 18 heavy (non-hydrogen) atoms. The third-order valence-electron chi connectivity index (χ3n) is 3.42. The second-order valence-corrected chi connectivity index (χ2v) is 5.06. The number of carbonyl (C=O) groups excluding carboxylic acids is 1. The summed E-state index contributed by atoms with van der Waals surface area (Å²) >= 11 is 0. The first-order chi connectivity index (χ1) is 8.58. The van der Waals surface area contributed by atoms with Crippen molar-refractivity contribution in [3.8, 4) is 0 Å². The normalized spacial score (nSPS) is 10.7. The maximum atomic E-state index is 12.2. The molecule has 0 bridgehead atoms. The maximum Gasteiger partial charge on any atom is 0.227 e. The highest BCUT2D eigenvalue weighted by molar-refractivity contribution is 5.92. The van der Waals surface area contributed by atoms with Gasteiger partial charge in [0.05, 0.1) is 0 Å². The van der Waals surface area contributed by atoms with Crippen LogP contribution in [0.1, 0.15) is 50.7 Å². The van der Waals surface area contributed by atoms with E-state index in [0.29, 0.717) is 0 Å². The van der Waals surface area contributed by atoms with Gasteiger partial charge in [-0.15, -0.1) is 0 Å². The molecule has 0 spiro atoms. The summed E-state index contributed by atoms with van der Waals surface area (Å²) in [5.74, 6) is 0.323. The standard InChI is InChI=1S/C16H25NO/c1-5-7-14(8-6-2)16(18)17-15-10-9-12(3)13(4)11-15/h9-11,14H,5-8H2,1-4H3,(H,17,18). The van der Waals surface area contributed by atoms with Crippen molar-refractivity contribution >= 4 is 11.6 Å². The maximum absolute atomic E-state index is 12.2. The van der Waals surface area contributed by atoms with Crippen molar-refractivity contribution in [1.29, 1.82) is 0 Å². The van der Waals surface area contributed by atoms with Crippen LogP contribution in [0.5, 0.6) is 0 Å². The highest BCUT2D eigenvalue weighted by Crippen LogP contribution is 2.18. The van der Waals surface area contributed by atoms with Crippen molar-refractivity contribution in [1.82, 2.24) is 0 Å². The molecule has 2 heteroatoms. The minimum Gasteiger partial charge on any atom is -0.326 e. The van der Waals surface area contributed by atoms with Crippen LogP contribution >= 0.6 is 0 Å². The van der Waals surface area contributed by atoms with E-state index in [1.165, 1.54) is 11.1 Å². The fourth-order valence-electron chi connectivity index (χ4n) is 2.17. The van der Waals surface area contributed by atoms with Gasteiger partial charge in [0.15, 0.2) is 0 Å². The topological polar surface area (TPSA) is 29.1 Å². The Morgan fingerprint density at radius 3 is 2.22 bits per heavy atom. The summed E-state index contributed by atoms with van der Waals surface area (Å²) in [6, 6.07) is 6.08. The minimum atomic E-state index is 0.154. The number of hydrogen-bond acceptors (Lipinski definition) is 1. The van der Waals surface area contributed by atoms with Crippen molar-refractivity contribution < 1.29 is 4.79 Å². The van der Waals surface area contributed by atoms with Gasteiger partial charge in [-0.1, -0.05) is 32.8 Å². The molecule has 0 fully saturated rings. The molecule has 1 rings (SSSR count). The number of carbonyl (C=O) groups is 1. The zero-order valence-corrected chi connectivity index (χ0v) is 12.0. The van der Waals surface area contributed by atoms with Crippen molar-refractivity contribution in [2.75, 3.05) is 5.32 Å². The predicted octanol–water partition coefficient (Wildman–Crippen LogP) is 4.46. The van der Waals surface area contributed by atoms with E-state index in [1.807, 2.05) is 12.1 Å². The Balaban J connectivity index is 2.69. The van der Waals surface area contributed by atoms with E-state index >= 15 is 0 Å². The van der Waals surface area contributed by atoms with Crippen molar-refractivity contribution in [2.24, 2.45) is 5.92 Å². The molecular weight excluding hydrogens is 222 g/mol. The predicted molar refractivity (Wildman–Crippen MR) is 77.9 cm³/mol. The molecule has 1 aromatic carbocycles. The summed E-state index contributed by atoms with van der Waals surface area (Å²) in [5.41, 5.74) is 3.39. The van der Waals surface area contributed by atoms with Gasteiger partial charge in [0.1, 0.15) is 0 Å². The molecular formula is C16H25NO. The minimum absolute atomic E-state index is 0.154. The molecule has 0 aliphatic heterocycles. The van der Waals surface area contributed by atoms with Crippen LogP contribution in [0.3, 0.4) is 0 Å². The Hall–Kier alpha value is -1.31. The number of hydrogen-bond donors (Lipinski definition) is 1. The Kier molecular flexibility index (Phi) is 5.90. The summed E-state index contributed by atoms with van der Waals surface area (Å²) in [4.78, 5) is 12.2. The fraction of sp³-hybridized carbons (Fsp3) is 0.562. The number of aryl methyl sites for hydroxylation is 2. The van der Waals surface area contributed by atoms with Gasteiger partial charge in [0.25, 0.3) is 0 Å². The lowest BCUT2D eigenvalue weighted by atomic mass is 9.97. The van der Waals surface area contributed by atoms with E-state index < -0.39 is 0 Å². The third-order valence-corrected chi connectivity index (χ3v) is 3.42. The van der Waals surface area contributed by atoms with Gasteiger partial charge in [-0.2, -0.15) is 0 Å². The second kappa shape index (κ2) is 7.20. The van der Waals surface area contributed by atoms with Crippen LogP contribution in [-0.2, 0) is 4.79 Å².